The zero-order valence-electron chi connectivity index (χ0n) is 11.8. The first-order valence-corrected chi connectivity index (χ1v) is 6.89. The Morgan fingerprint density at radius 2 is 1.89 bits per heavy atom. The molecule has 0 amide bonds. The monoisotopic (exact) mass is 254 g/mol. The van der Waals surface area contributed by atoms with Gasteiger partial charge in [-0.3, -0.25) is 9.88 Å². The van der Waals surface area contributed by atoms with Gasteiger partial charge < -0.3 is 0 Å². The molecule has 2 aromatic rings. The second kappa shape index (κ2) is 7.05. The molecule has 2 heterocycles. The maximum atomic E-state index is 4.14. The smallest absolute Gasteiger partial charge is 0.0360 e. The molecule has 2 heteroatoms. The molecule has 1 atom stereocenters. The van der Waals surface area contributed by atoms with E-state index in [2.05, 4.69) is 42.1 Å². The molecule has 1 aromatic carbocycles. The first kappa shape index (κ1) is 13.8. The maximum absolute atomic E-state index is 4.14. The van der Waals surface area contributed by atoms with E-state index in [1.807, 2.05) is 36.7 Å². The van der Waals surface area contributed by atoms with Gasteiger partial charge in [0.25, 0.3) is 0 Å². The molecule has 0 saturated carbocycles. The van der Waals surface area contributed by atoms with Crippen LogP contribution in [0.5, 0.6) is 0 Å². The summed E-state index contributed by atoms with van der Waals surface area (Å²) in [6, 6.07) is 15.1. The molecular formula is C17H22N2. The van der Waals surface area contributed by atoms with Gasteiger partial charge in [-0.05, 0) is 45.0 Å². The van der Waals surface area contributed by atoms with Crippen molar-refractivity contribution in [2.45, 2.75) is 25.8 Å². The molecule has 100 valence electrons. The fraction of sp³-hybridized carbons (Fsp3) is 0.353. The quantitative estimate of drug-likeness (QED) is 0.768. The lowest BCUT2D eigenvalue weighted by molar-refractivity contribution is 0.317. The summed E-state index contributed by atoms with van der Waals surface area (Å²) in [5.41, 5.74) is 2.68. The van der Waals surface area contributed by atoms with Gasteiger partial charge in [0.2, 0.25) is 0 Å². The molecule has 2 nitrogen and oxygen atoms in total. The van der Waals surface area contributed by atoms with Gasteiger partial charge in [-0.15, -0.1) is 0 Å². The molecule has 0 N–H and O–H groups in total. The third kappa shape index (κ3) is 4.18. The minimum atomic E-state index is 0.610. The van der Waals surface area contributed by atoms with Crippen molar-refractivity contribution in [3.05, 3.63) is 66.0 Å². The summed E-state index contributed by atoms with van der Waals surface area (Å²) >= 11 is 0. The molecule has 1 fully saturated rings. The Kier molecular flexibility index (Phi) is 5.10. The Morgan fingerprint density at radius 1 is 1.11 bits per heavy atom. The van der Waals surface area contributed by atoms with Crippen molar-refractivity contribution in [1.82, 2.24) is 9.88 Å². The highest BCUT2D eigenvalue weighted by Gasteiger charge is 2.21. The number of aromatic nitrogens is 1. The summed E-state index contributed by atoms with van der Waals surface area (Å²) in [4.78, 5) is 6.54. The van der Waals surface area contributed by atoms with E-state index in [4.69, 9.17) is 0 Å². The van der Waals surface area contributed by atoms with Gasteiger partial charge in [0.15, 0.2) is 0 Å². The fourth-order valence-electron chi connectivity index (χ4n) is 2.44. The summed E-state index contributed by atoms with van der Waals surface area (Å²) in [6.07, 6.45) is 6.41. The fourth-order valence-corrected chi connectivity index (χ4v) is 2.44. The molecule has 1 unspecified atom stereocenters. The highest BCUT2D eigenvalue weighted by molar-refractivity contribution is 5.15. The van der Waals surface area contributed by atoms with Crippen LogP contribution < -0.4 is 0 Å². The van der Waals surface area contributed by atoms with E-state index in [1.165, 1.54) is 30.5 Å². The minimum Gasteiger partial charge on any atom is -0.299 e. The highest BCUT2D eigenvalue weighted by Crippen LogP contribution is 2.29. The lowest BCUT2D eigenvalue weighted by Gasteiger charge is -2.18. The Bertz CT molecular complexity index is 467. The average molecular weight is 254 g/mol. The van der Waals surface area contributed by atoms with Crippen molar-refractivity contribution in [1.29, 1.82) is 0 Å². The summed E-state index contributed by atoms with van der Waals surface area (Å²) in [7, 11) is 2.19. The van der Waals surface area contributed by atoms with Crippen molar-refractivity contribution < 1.29 is 0 Å². The van der Waals surface area contributed by atoms with Gasteiger partial charge >= 0.3 is 0 Å². The minimum absolute atomic E-state index is 0.610. The van der Waals surface area contributed by atoms with E-state index < -0.39 is 0 Å². The van der Waals surface area contributed by atoms with E-state index in [0.717, 1.165) is 0 Å². The van der Waals surface area contributed by atoms with Crippen LogP contribution in [0.3, 0.4) is 0 Å². The topological polar surface area (TPSA) is 16.1 Å². The molecule has 3 rings (SSSR count). The predicted octanol–water partition coefficient (Wildman–Crippen LogP) is 3.84. The molecule has 19 heavy (non-hydrogen) atoms. The van der Waals surface area contributed by atoms with Crippen LogP contribution >= 0.6 is 0 Å². The van der Waals surface area contributed by atoms with Crippen LogP contribution in [0.1, 0.15) is 30.0 Å². The normalized spacial score (nSPS) is 18.7. The molecule has 1 aromatic heterocycles. The SMILES string of the molecule is CN1CCCC1c1cccnc1.Cc1ccccc1. The number of pyridine rings is 1. The van der Waals surface area contributed by atoms with Gasteiger partial charge in [-0.2, -0.15) is 0 Å². The zero-order chi connectivity index (χ0) is 13.5. The number of hydrogen-bond acceptors (Lipinski definition) is 2. The van der Waals surface area contributed by atoms with E-state index in [-0.39, 0.29) is 0 Å². The zero-order valence-corrected chi connectivity index (χ0v) is 11.8. The maximum Gasteiger partial charge on any atom is 0.0360 e. The van der Waals surface area contributed by atoms with Crippen LogP contribution in [0.2, 0.25) is 0 Å². The molecule has 0 bridgehead atoms. The Balaban J connectivity index is 0.000000163. The Morgan fingerprint density at radius 3 is 2.37 bits per heavy atom. The van der Waals surface area contributed by atoms with Gasteiger partial charge in [0, 0.05) is 18.4 Å². The van der Waals surface area contributed by atoms with Gasteiger partial charge in [-0.25, -0.2) is 0 Å². The molecule has 1 aliphatic heterocycles. The van der Waals surface area contributed by atoms with Crippen LogP contribution in [-0.4, -0.2) is 23.5 Å². The molecular weight excluding hydrogens is 232 g/mol. The predicted molar refractivity (Wildman–Crippen MR) is 80.0 cm³/mol. The summed E-state index contributed by atoms with van der Waals surface area (Å²) < 4.78 is 0. The summed E-state index contributed by atoms with van der Waals surface area (Å²) in [6.45, 7) is 3.31. The van der Waals surface area contributed by atoms with Crippen molar-refractivity contribution in [3.8, 4) is 0 Å². The molecule has 0 spiro atoms. The lowest BCUT2D eigenvalue weighted by Crippen LogP contribution is -2.17. The third-order valence-electron chi connectivity index (χ3n) is 3.53. The Labute approximate surface area is 116 Å². The molecule has 1 saturated heterocycles. The molecule has 0 aliphatic carbocycles. The average Bonchev–Trinajstić information content (AvgIpc) is 2.88. The van der Waals surface area contributed by atoms with Gasteiger partial charge in [-0.1, -0.05) is 42.0 Å². The van der Waals surface area contributed by atoms with Crippen molar-refractivity contribution in [3.63, 3.8) is 0 Å². The van der Waals surface area contributed by atoms with Crippen molar-refractivity contribution in [2.24, 2.45) is 0 Å². The first-order valence-electron chi connectivity index (χ1n) is 6.89. The molecule has 0 radical (unpaired) electrons. The number of nitrogens with zero attached hydrogens (tertiary/aromatic N) is 2. The first-order chi connectivity index (χ1) is 9.27. The highest BCUT2D eigenvalue weighted by atomic mass is 15.1. The standard InChI is InChI=1S/C10H14N2.C7H8/c1-12-7-3-5-10(12)9-4-2-6-11-8-9;1-7-5-3-2-4-6-7/h2,4,6,8,10H,3,5,7H2,1H3;2-6H,1H3. The number of aryl methyl sites for hydroxylation is 1. The van der Waals surface area contributed by atoms with Crippen molar-refractivity contribution >= 4 is 0 Å². The van der Waals surface area contributed by atoms with Gasteiger partial charge in [0.05, 0.1) is 0 Å². The van der Waals surface area contributed by atoms with E-state index in [9.17, 15) is 0 Å². The molecule has 1 aliphatic rings. The van der Waals surface area contributed by atoms with Gasteiger partial charge in [0.1, 0.15) is 0 Å². The number of hydrogen-bond donors (Lipinski definition) is 0. The second-order valence-corrected chi connectivity index (χ2v) is 5.08. The summed E-state index contributed by atoms with van der Waals surface area (Å²) in [5, 5.41) is 0. The number of benzene rings is 1. The third-order valence-corrected chi connectivity index (χ3v) is 3.53. The number of likely N-dealkylation sites (tertiary alicyclic amines) is 1. The van der Waals surface area contributed by atoms with Crippen LogP contribution in [-0.2, 0) is 0 Å². The van der Waals surface area contributed by atoms with E-state index in [0.29, 0.717) is 6.04 Å². The Hall–Kier alpha value is -1.67. The van der Waals surface area contributed by atoms with Crippen LogP contribution in [0.25, 0.3) is 0 Å². The largest absolute Gasteiger partial charge is 0.299 e. The van der Waals surface area contributed by atoms with Crippen LogP contribution in [0.15, 0.2) is 54.9 Å². The summed E-state index contributed by atoms with van der Waals surface area (Å²) in [5.74, 6) is 0. The number of rotatable bonds is 1. The lowest BCUT2D eigenvalue weighted by atomic mass is 10.1. The second-order valence-electron chi connectivity index (χ2n) is 5.08. The van der Waals surface area contributed by atoms with E-state index >= 15 is 0 Å². The van der Waals surface area contributed by atoms with Crippen LogP contribution in [0.4, 0.5) is 0 Å². The van der Waals surface area contributed by atoms with Crippen LogP contribution in [0, 0.1) is 6.92 Å². The van der Waals surface area contributed by atoms with E-state index in [1.54, 1.807) is 0 Å². The van der Waals surface area contributed by atoms with Crippen molar-refractivity contribution in [2.75, 3.05) is 13.6 Å².